The summed E-state index contributed by atoms with van der Waals surface area (Å²) in [5.74, 6) is 0. The summed E-state index contributed by atoms with van der Waals surface area (Å²) in [7, 11) is 0. The van der Waals surface area contributed by atoms with Gasteiger partial charge in [-0.1, -0.05) is 15.9 Å². The molecule has 1 atom stereocenters. The summed E-state index contributed by atoms with van der Waals surface area (Å²) in [5.41, 5.74) is 0. The molecule has 3 heteroatoms. The van der Waals surface area contributed by atoms with Crippen molar-refractivity contribution < 1.29 is 4.74 Å². The Balaban J connectivity index is 2.22. The maximum atomic E-state index is 4.96. The fourth-order valence-electron chi connectivity index (χ4n) is 0.418. The number of hydrogen-bond acceptors (Lipinski definition) is 2. The molecule has 0 spiro atoms. The largest absolute Gasteiger partial charge is 0.478 e. The molecule has 0 N–H and O–H groups in total. The number of aliphatic imine (C=N–C) groups is 1. The smallest absolute Gasteiger partial charge is 0.170 e. The Morgan fingerprint density at radius 3 is 3.14 bits per heavy atom. The predicted octanol–water partition coefficient (Wildman–Crippen LogP) is 0.808. The number of alkyl halides is 1. The molecule has 1 heterocycles. The molecule has 40 valence electrons. The van der Waals surface area contributed by atoms with Crippen LogP contribution in [0, 0.1) is 0 Å². The average Bonchev–Trinajstić information content (AvgIpc) is 2.14. The number of ether oxygens (including phenoxy) is 1. The van der Waals surface area contributed by atoms with E-state index in [-0.39, 0.29) is 0 Å². The lowest BCUT2D eigenvalue weighted by atomic mass is 10.4. The average molecular weight is 164 g/mol. The van der Waals surface area contributed by atoms with E-state index in [1.54, 1.807) is 0 Å². The molecule has 0 bridgehead atoms. The molecule has 1 rings (SSSR count). The van der Waals surface area contributed by atoms with Gasteiger partial charge in [-0.05, 0) is 0 Å². The van der Waals surface area contributed by atoms with Crippen LogP contribution in [0.15, 0.2) is 4.99 Å². The van der Waals surface area contributed by atoms with Crippen molar-refractivity contribution in [3.05, 3.63) is 0 Å². The van der Waals surface area contributed by atoms with Crippen molar-refractivity contribution >= 4 is 22.3 Å². The zero-order chi connectivity index (χ0) is 5.11. The SMILES string of the molecule is BrCC1CN=CO1. The Morgan fingerprint density at radius 2 is 2.86 bits per heavy atom. The van der Waals surface area contributed by atoms with E-state index in [0.29, 0.717) is 6.10 Å². The van der Waals surface area contributed by atoms with Crippen molar-refractivity contribution in [1.82, 2.24) is 0 Å². The molecule has 2 nitrogen and oxygen atoms in total. The second-order valence-corrected chi connectivity index (χ2v) is 2.03. The van der Waals surface area contributed by atoms with E-state index in [1.807, 2.05) is 0 Å². The molecule has 0 saturated heterocycles. The van der Waals surface area contributed by atoms with Crippen molar-refractivity contribution in [3.63, 3.8) is 0 Å². The zero-order valence-electron chi connectivity index (χ0n) is 3.80. The quantitative estimate of drug-likeness (QED) is 0.525. The minimum Gasteiger partial charge on any atom is -0.478 e. The maximum absolute atomic E-state index is 4.96. The first-order valence-electron chi connectivity index (χ1n) is 2.13. The molecule has 7 heavy (non-hydrogen) atoms. The Labute approximate surface area is 50.7 Å². The van der Waals surface area contributed by atoms with Crippen LogP contribution < -0.4 is 0 Å². The molecule has 0 aromatic rings. The van der Waals surface area contributed by atoms with E-state index >= 15 is 0 Å². The van der Waals surface area contributed by atoms with E-state index in [4.69, 9.17) is 4.74 Å². The third-order valence-electron chi connectivity index (χ3n) is 0.809. The first-order valence-corrected chi connectivity index (χ1v) is 3.25. The highest BCUT2D eigenvalue weighted by Crippen LogP contribution is 2.00. The fraction of sp³-hybridized carbons (Fsp3) is 0.750. The number of hydrogen-bond donors (Lipinski definition) is 0. The van der Waals surface area contributed by atoms with Crippen LogP contribution in [0.5, 0.6) is 0 Å². The van der Waals surface area contributed by atoms with Gasteiger partial charge in [-0.25, -0.2) is 0 Å². The molecule has 0 amide bonds. The summed E-state index contributed by atoms with van der Waals surface area (Å²) in [6.07, 6.45) is 1.80. The van der Waals surface area contributed by atoms with E-state index in [2.05, 4.69) is 20.9 Å². The van der Waals surface area contributed by atoms with Gasteiger partial charge in [-0.3, -0.25) is 4.99 Å². The van der Waals surface area contributed by atoms with E-state index in [1.165, 1.54) is 6.40 Å². The third kappa shape index (κ3) is 1.16. The van der Waals surface area contributed by atoms with Gasteiger partial charge in [0.2, 0.25) is 0 Å². The second-order valence-electron chi connectivity index (χ2n) is 1.38. The Bertz CT molecular complexity index is 75.8. The van der Waals surface area contributed by atoms with Gasteiger partial charge in [-0.2, -0.15) is 0 Å². The summed E-state index contributed by atoms with van der Waals surface area (Å²) < 4.78 is 4.96. The molecule has 0 aliphatic carbocycles. The monoisotopic (exact) mass is 163 g/mol. The summed E-state index contributed by atoms with van der Waals surface area (Å²) in [6, 6.07) is 0. The molecule has 0 radical (unpaired) electrons. The molecular weight excluding hydrogens is 158 g/mol. The van der Waals surface area contributed by atoms with E-state index in [9.17, 15) is 0 Å². The lowest BCUT2D eigenvalue weighted by Gasteiger charge is -1.99. The molecule has 1 aliphatic rings. The van der Waals surface area contributed by atoms with Crippen molar-refractivity contribution in [2.75, 3.05) is 11.9 Å². The molecule has 0 fully saturated rings. The molecular formula is C4H6BrNO. The van der Waals surface area contributed by atoms with Crippen LogP contribution in [0.3, 0.4) is 0 Å². The van der Waals surface area contributed by atoms with Gasteiger partial charge in [0.25, 0.3) is 0 Å². The highest BCUT2D eigenvalue weighted by Gasteiger charge is 2.08. The predicted molar refractivity (Wildman–Crippen MR) is 32.0 cm³/mol. The minimum atomic E-state index is 0.292. The van der Waals surface area contributed by atoms with Crippen molar-refractivity contribution in [2.45, 2.75) is 6.10 Å². The van der Waals surface area contributed by atoms with Crippen molar-refractivity contribution in [3.8, 4) is 0 Å². The van der Waals surface area contributed by atoms with Gasteiger partial charge in [0.05, 0.1) is 6.54 Å². The summed E-state index contributed by atoms with van der Waals surface area (Å²) in [4.78, 5) is 3.86. The Kier molecular flexibility index (Phi) is 1.68. The molecule has 0 aromatic heterocycles. The number of nitrogens with zero attached hydrogens (tertiary/aromatic N) is 1. The van der Waals surface area contributed by atoms with Crippen LogP contribution in [0.1, 0.15) is 0 Å². The lowest BCUT2D eigenvalue weighted by Crippen LogP contribution is -2.10. The van der Waals surface area contributed by atoms with Crippen LogP contribution in [0.25, 0.3) is 0 Å². The minimum absolute atomic E-state index is 0.292. The second kappa shape index (κ2) is 2.31. The normalized spacial score (nSPS) is 27.9. The summed E-state index contributed by atoms with van der Waals surface area (Å²) >= 11 is 3.27. The fourth-order valence-corrected chi connectivity index (χ4v) is 0.775. The van der Waals surface area contributed by atoms with Gasteiger partial charge in [0.1, 0.15) is 6.10 Å². The standard InChI is InChI=1S/C4H6BrNO/c5-1-4-2-6-3-7-4/h3-4H,1-2H2. The van der Waals surface area contributed by atoms with Gasteiger partial charge in [0, 0.05) is 5.33 Å². The van der Waals surface area contributed by atoms with Gasteiger partial charge >= 0.3 is 0 Å². The number of rotatable bonds is 1. The van der Waals surface area contributed by atoms with Gasteiger partial charge < -0.3 is 4.74 Å². The summed E-state index contributed by atoms with van der Waals surface area (Å²) in [5, 5.41) is 0.882. The topological polar surface area (TPSA) is 21.6 Å². The maximum Gasteiger partial charge on any atom is 0.170 e. The first kappa shape index (κ1) is 5.09. The number of halogens is 1. The Morgan fingerprint density at radius 1 is 2.00 bits per heavy atom. The molecule has 0 aromatic carbocycles. The zero-order valence-corrected chi connectivity index (χ0v) is 5.39. The molecule has 0 saturated carbocycles. The van der Waals surface area contributed by atoms with Crippen LogP contribution in [-0.2, 0) is 4.74 Å². The first-order chi connectivity index (χ1) is 3.43. The highest BCUT2D eigenvalue weighted by atomic mass is 79.9. The van der Waals surface area contributed by atoms with Crippen molar-refractivity contribution in [1.29, 1.82) is 0 Å². The van der Waals surface area contributed by atoms with E-state index in [0.717, 1.165) is 11.9 Å². The van der Waals surface area contributed by atoms with Gasteiger partial charge in [-0.15, -0.1) is 0 Å². The van der Waals surface area contributed by atoms with Crippen LogP contribution in [0.2, 0.25) is 0 Å². The molecule has 1 unspecified atom stereocenters. The van der Waals surface area contributed by atoms with Crippen LogP contribution in [-0.4, -0.2) is 24.4 Å². The summed E-state index contributed by atoms with van der Waals surface area (Å²) in [6.45, 7) is 0.811. The third-order valence-corrected chi connectivity index (χ3v) is 1.53. The van der Waals surface area contributed by atoms with Crippen LogP contribution >= 0.6 is 15.9 Å². The Hall–Kier alpha value is -0.0500. The van der Waals surface area contributed by atoms with Crippen molar-refractivity contribution in [2.24, 2.45) is 4.99 Å². The molecule has 1 aliphatic heterocycles. The van der Waals surface area contributed by atoms with E-state index < -0.39 is 0 Å². The highest BCUT2D eigenvalue weighted by molar-refractivity contribution is 9.09. The van der Waals surface area contributed by atoms with Gasteiger partial charge in [0.15, 0.2) is 6.40 Å². The lowest BCUT2D eigenvalue weighted by molar-refractivity contribution is 0.262. The van der Waals surface area contributed by atoms with Crippen LogP contribution in [0.4, 0.5) is 0 Å².